The van der Waals surface area contributed by atoms with E-state index in [4.69, 9.17) is 4.42 Å². The van der Waals surface area contributed by atoms with E-state index in [-0.39, 0.29) is 22.6 Å². The van der Waals surface area contributed by atoms with Crippen molar-refractivity contribution < 1.29 is 28.6 Å². The zero-order chi connectivity index (χ0) is 13.0. The van der Waals surface area contributed by atoms with Gasteiger partial charge in [0, 0.05) is 5.56 Å². The van der Waals surface area contributed by atoms with Gasteiger partial charge in [-0.3, -0.25) is 0 Å². The summed E-state index contributed by atoms with van der Waals surface area (Å²) in [5.74, 6) is -1.59. The summed E-state index contributed by atoms with van der Waals surface area (Å²) in [7, 11) is 2.32. The number of aryl methyl sites for hydroxylation is 1. The lowest BCUT2D eigenvalue weighted by atomic mass is 10.1. The van der Waals surface area contributed by atoms with Gasteiger partial charge in [0.25, 0.3) is 0 Å². The van der Waals surface area contributed by atoms with Crippen LogP contribution < -0.4 is 5.11 Å². The lowest BCUT2D eigenvalue weighted by molar-refractivity contribution is -0.273. The van der Waals surface area contributed by atoms with Crippen LogP contribution in [0, 0.1) is 6.92 Å². The van der Waals surface area contributed by atoms with Gasteiger partial charge >= 0.3 is 11.9 Å². The Balaban J connectivity index is 3.46. The van der Waals surface area contributed by atoms with Crippen LogP contribution in [0.5, 0.6) is 0 Å². The quantitative estimate of drug-likeness (QED) is 0.563. The number of hydrogen-bond donors (Lipinski definition) is 0. The summed E-state index contributed by atoms with van der Waals surface area (Å²) in [5, 5.41) is 10.5. The fourth-order valence-corrected chi connectivity index (χ4v) is 1.37. The van der Waals surface area contributed by atoms with Crippen LogP contribution in [-0.2, 0) is 9.47 Å². The van der Waals surface area contributed by atoms with Crippen molar-refractivity contribution in [3.05, 3.63) is 28.9 Å². The molecular formula is C11H11O6-. The molecule has 0 aliphatic heterocycles. The van der Waals surface area contributed by atoms with Crippen LogP contribution in [0.2, 0.25) is 0 Å². The number of hydrogen-bond acceptors (Lipinski definition) is 6. The van der Waals surface area contributed by atoms with Gasteiger partial charge in [-0.1, -0.05) is 6.08 Å². The minimum absolute atomic E-state index is 0.107. The first-order valence-corrected chi connectivity index (χ1v) is 4.65. The maximum absolute atomic E-state index is 11.5. The van der Waals surface area contributed by atoms with E-state index in [2.05, 4.69) is 9.47 Å². The molecule has 0 fully saturated rings. The third-order valence-electron chi connectivity index (χ3n) is 2.13. The van der Waals surface area contributed by atoms with E-state index in [1.54, 1.807) is 0 Å². The lowest BCUT2D eigenvalue weighted by Crippen LogP contribution is -2.10. The molecule has 0 unspecified atom stereocenters. The first-order chi connectivity index (χ1) is 8.06. The molecule has 0 atom stereocenters. The molecule has 17 heavy (non-hydrogen) atoms. The van der Waals surface area contributed by atoms with Crippen LogP contribution in [0.4, 0.5) is 0 Å². The Morgan fingerprint density at radius 3 is 2.29 bits per heavy atom. The largest absolute Gasteiger partial charge is 0.878 e. The number of esters is 2. The number of carbonyl (C=O) groups excluding carboxylic acids is 2. The predicted octanol–water partition coefficient (Wildman–Crippen LogP) is 0.492. The molecule has 0 saturated heterocycles. The van der Waals surface area contributed by atoms with Gasteiger partial charge in [0.2, 0.25) is 5.76 Å². The first-order valence-electron chi connectivity index (χ1n) is 4.65. The molecule has 0 aromatic carbocycles. The maximum Gasteiger partial charge on any atom is 0.374 e. The van der Waals surface area contributed by atoms with Gasteiger partial charge in [-0.05, 0) is 6.92 Å². The molecule has 0 radical (unpaired) electrons. The molecule has 0 spiro atoms. The molecule has 1 rings (SSSR count). The van der Waals surface area contributed by atoms with Crippen LogP contribution in [0.1, 0.15) is 32.2 Å². The van der Waals surface area contributed by atoms with Crippen molar-refractivity contribution in [2.45, 2.75) is 6.92 Å². The highest BCUT2D eigenvalue weighted by molar-refractivity contribution is 6.04. The van der Waals surface area contributed by atoms with Crippen molar-refractivity contribution in [2.24, 2.45) is 0 Å². The van der Waals surface area contributed by atoms with Crippen LogP contribution in [-0.4, -0.2) is 26.2 Å². The summed E-state index contributed by atoms with van der Waals surface area (Å²) in [6, 6.07) is 0. The van der Waals surface area contributed by atoms with Gasteiger partial charge in [0.05, 0.1) is 14.2 Å². The number of carbonyl (C=O) groups is 2. The van der Waals surface area contributed by atoms with Crippen molar-refractivity contribution in [3.8, 4) is 0 Å². The first kappa shape index (κ1) is 12.8. The van der Waals surface area contributed by atoms with Crippen LogP contribution >= 0.6 is 0 Å². The van der Waals surface area contributed by atoms with Gasteiger partial charge in [0.15, 0.2) is 0 Å². The summed E-state index contributed by atoms with van der Waals surface area (Å²) < 4.78 is 14.1. The van der Waals surface area contributed by atoms with Crippen LogP contribution in [0.15, 0.2) is 10.7 Å². The Hall–Kier alpha value is -2.24. The highest BCUT2D eigenvalue weighted by Gasteiger charge is 2.28. The van der Waals surface area contributed by atoms with E-state index in [0.717, 1.165) is 20.3 Å². The molecule has 1 aromatic rings. The Bertz CT molecular complexity index is 469. The fourth-order valence-electron chi connectivity index (χ4n) is 1.37. The third kappa shape index (κ3) is 2.30. The van der Waals surface area contributed by atoms with Crippen molar-refractivity contribution >= 4 is 18.0 Å². The van der Waals surface area contributed by atoms with Gasteiger partial charge in [-0.25, -0.2) is 9.59 Å². The van der Waals surface area contributed by atoms with Gasteiger partial charge in [-0.2, -0.15) is 0 Å². The second-order valence-electron chi connectivity index (χ2n) is 3.06. The van der Waals surface area contributed by atoms with E-state index in [1.165, 1.54) is 6.92 Å². The summed E-state index contributed by atoms with van der Waals surface area (Å²) in [5.41, 5.74) is 0.108. The molecule has 0 bridgehead atoms. The highest BCUT2D eigenvalue weighted by Crippen LogP contribution is 2.25. The second-order valence-corrected chi connectivity index (χ2v) is 3.06. The smallest absolute Gasteiger partial charge is 0.374 e. The lowest BCUT2D eigenvalue weighted by Gasteiger charge is -2.01. The van der Waals surface area contributed by atoms with E-state index in [0.29, 0.717) is 6.26 Å². The van der Waals surface area contributed by atoms with Crippen molar-refractivity contribution in [1.82, 2.24) is 0 Å². The molecule has 0 aliphatic carbocycles. The standard InChI is InChI=1S/C11H12O6/c1-6-7(4-5-12)8(10(13)15-2)9(17-6)11(14)16-3/h4-5,12H,1-3H3/p-1/b5-4-. The Morgan fingerprint density at radius 1 is 1.24 bits per heavy atom. The Kier molecular flexibility index (Phi) is 3.92. The van der Waals surface area contributed by atoms with E-state index >= 15 is 0 Å². The minimum Gasteiger partial charge on any atom is -0.878 e. The van der Waals surface area contributed by atoms with Crippen molar-refractivity contribution in [2.75, 3.05) is 14.2 Å². The summed E-state index contributed by atoms with van der Waals surface area (Å²) in [6.07, 6.45) is 1.61. The maximum atomic E-state index is 11.5. The molecule has 0 aliphatic rings. The van der Waals surface area contributed by atoms with E-state index in [1.807, 2.05) is 0 Å². The average molecular weight is 239 g/mol. The van der Waals surface area contributed by atoms with Gasteiger partial charge < -0.3 is 19.0 Å². The SMILES string of the molecule is COC(=O)c1oc(C)c(/C=C\[O-])c1C(=O)OC. The van der Waals surface area contributed by atoms with Crippen molar-refractivity contribution in [3.63, 3.8) is 0 Å². The van der Waals surface area contributed by atoms with E-state index in [9.17, 15) is 14.7 Å². The molecule has 6 heteroatoms. The Morgan fingerprint density at radius 2 is 1.82 bits per heavy atom. The van der Waals surface area contributed by atoms with Gasteiger partial charge in [0.1, 0.15) is 11.3 Å². The Labute approximate surface area is 97.4 Å². The number of rotatable bonds is 3. The predicted molar refractivity (Wildman–Crippen MR) is 55.2 cm³/mol. The number of methoxy groups -OCH3 is 2. The molecule has 92 valence electrons. The monoisotopic (exact) mass is 239 g/mol. The van der Waals surface area contributed by atoms with E-state index < -0.39 is 11.9 Å². The molecule has 0 saturated carbocycles. The van der Waals surface area contributed by atoms with Crippen LogP contribution in [0.25, 0.3) is 6.08 Å². The molecule has 6 nitrogen and oxygen atoms in total. The second kappa shape index (κ2) is 5.20. The topological polar surface area (TPSA) is 88.8 Å². The fraction of sp³-hybridized carbons (Fsp3) is 0.273. The molecule has 0 amide bonds. The molecule has 0 N–H and O–H groups in total. The zero-order valence-corrected chi connectivity index (χ0v) is 9.60. The molecular weight excluding hydrogens is 228 g/mol. The van der Waals surface area contributed by atoms with Crippen molar-refractivity contribution in [1.29, 1.82) is 0 Å². The third-order valence-corrected chi connectivity index (χ3v) is 2.13. The summed E-state index contributed by atoms with van der Waals surface area (Å²) in [6.45, 7) is 1.52. The number of furan rings is 1. The summed E-state index contributed by atoms with van der Waals surface area (Å²) >= 11 is 0. The van der Waals surface area contributed by atoms with Crippen LogP contribution in [0.3, 0.4) is 0 Å². The number of ether oxygens (including phenoxy) is 2. The average Bonchev–Trinajstić information content (AvgIpc) is 2.65. The zero-order valence-electron chi connectivity index (χ0n) is 9.60. The highest BCUT2D eigenvalue weighted by atomic mass is 16.5. The minimum atomic E-state index is -0.806. The normalized spacial score (nSPS) is 10.5. The molecule has 1 aromatic heterocycles. The van der Waals surface area contributed by atoms with Gasteiger partial charge in [-0.15, -0.1) is 6.26 Å². The molecule has 1 heterocycles. The summed E-state index contributed by atoms with van der Waals surface area (Å²) in [4.78, 5) is 22.9.